The van der Waals surface area contributed by atoms with Gasteiger partial charge >= 0.3 is 15.5 Å². The van der Waals surface area contributed by atoms with Crippen molar-refractivity contribution >= 4 is 45.9 Å². The number of hydrogen-bond acceptors (Lipinski definition) is 4. The number of sulfonamides is 1. The van der Waals surface area contributed by atoms with Crippen molar-refractivity contribution in [1.29, 1.82) is 0 Å². The van der Waals surface area contributed by atoms with Crippen LogP contribution in [0.3, 0.4) is 0 Å². The average molecular weight is 543 g/mol. The van der Waals surface area contributed by atoms with Crippen LogP contribution in [0.4, 0.5) is 13.2 Å². The molecule has 0 bridgehead atoms. The predicted octanol–water partition coefficient (Wildman–Crippen LogP) is 1.34. The van der Waals surface area contributed by atoms with E-state index in [1.807, 2.05) is 13.8 Å². The van der Waals surface area contributed by atoms with E-state index in [4.69, 9.17) is 0 Å². The van der Waals surface area contributed by atoms with E-state index in [0.717, 1.165) is 6.42 Å². The Kier molecular flexibility index (Phi) is 11.0. The van der Waals surface area contributed by atoms with Gasteiger partial charge in [-0.2, -0.15) is 17.5 Å². The Labute approximate surface area is 181 Å². The average Bonchev–Trinajstić information content (AvgIpc) is 2.58. The third-order valence-electron chi connectivity index (χ3n) is 4.29. The third kappa shape index (κ3) is 7.89. The first-order chi connectivity index (χ1) is 12.4. The molecule has 13 heteroatoms. The molecule has 1 unspecified atom stereocenters. The normalized spacial score (nSPS) is 18.2. The van der Waals surface area contributed by atoms with Crippen molar-refractivity contribution < 1.29 is 26.4 Å². The standard InChI is InChI=1S/C15H28F3N5O3S.HI/c1-5-11(2)20-14(19-10-13(24)22(3)4)21-12-6-8-23(9-7-12)27(25,26)15(16,17)18;/h11-12H,5-10H2,1-4H3,(H2,19,20,21);1H. The molecule has 28 heavy (non-hydrogen) atoms. The van der Waals surface area contributed by atoms with E-state index in [-0.39, 0.29) is 74.4 Å². The summed E-state index contributed by atoms with van der Waals surface area (Å²) in [5.41, 5.74) is -5.29. The molecule has 1 fully saturated rings. The molecule has 1 rings (SSSR count). The van der Waals surface area contributed by atoms with Gasteiger partial charge in [-0.05, 0) is 26.2 Å². The highest BCUT2D eigenvalue weighted by atomic mass is 127. The molecule has 8 nitrogen and oxygen atoms in total. The Bertz CT molecular complexity index is 635. The summed E-state index contributed by atoms with van der Waals surface area (Å²) in [5.74, 6) is 0.197. The second kappa shape index (κ2) is 11.4. The molecule has 166 valence electrons. The van der Waals surface area contributed by atoms with Crippen LogP contribution < -0.4 is 10.6 Å². The number of nitrogens with zero attached hydrogens (tertiary/aromatic N) is 3. The monoisotopic (exact) mass is 543 g/mol. The van der Waals surface area contributed by atoms with Crippen LogP contribution in [0.1, 0.15) is 33.1 Å². The fraction of sp³-hybridized carbons (Fsp3) is 0.867. The summed E-state index contributed by atoms with van der Waals surface area (Å²) < 4.78 is 61.3. The Morgan fingerprint density at radius 2 is 1.82 bits per heavy atom. The fourth-order valence-electron chi connectivity index (χ4n) is 2.34. The first kappa shape index (κ1) is 27.2. The van der Waals surface area contributed by atoms with E-state index >= 15 is 0 Å². The van der Waals surface area contributed by atoms with Crippen LogP contribution in [0.15, 0.2) is 4.99 Å². The Morgan fingerprint density at radius 1 is 1.29 bits per heavy atom. The summed E-state index contributed by atoms with van der Waals surface area (Å²) in [6.07, 6.45) is 1.22. The maximum Gasteiger partial charge on any atom is 0.511 e. The van der Waals surface area contributed by atoms with Gasteiger partial charge < -0.3 is 15.5 Å². The molecule has 1 saturated heterocycles. The SMILES string of the molecule is CCC(C)NC(=NCC(=O)N(C)C)NC1CCN(S(=O)(=O)C(F)(F)F)CC1.I. The van der Waals surface area contributed by atoms with Crippen molar-refractivity contribution in [3.8, 4) is 0 Å². The molecular formula is C15H29F3IN5O3S. The molecule has 0 radical (unpaired) electrons. The van der Waals surface area contributed by atoms with E-state index in [0.29, 0.717) is 10.3 Å². The first-order valence-corrected chi connectivity index (χ1v) is 10.2. The molecule has 1 amide bonds. The highest BCUT2D eigenvalue weighted by Crippen LogP contribution is 2.28. The van der Waals surface area contributed by atoms with Crippen molar-refractivity contribution in [3.63, 3.8) is 0 Å². The lowest BCUT2D eigenvalue weighted by molar-refractivity contribution is -0.127. The minimum atomic E-state index is -5.30. The molecule has 0 saturated carbocycles. The van der Waals surface area contributed by atoms with E-state index in [1.165, 1.54) is 4.90 Å². The van der Waals surface area contributed by atoms with E-state index < -0.39 is 15.5 Å². The van der Waals surface area contributed by atoms with Gasteiger partial charge in [-0.1, -0.05) is 6.92 Å². The minimum absolute atomic E-state index is 0. The van der Waals surface area contributed by atoms with Gasteiger partial charge in [-0.25, -0.2) is 13.4 Å². The summed E-state index contributed by atoms with van der Waals surface area (Å²) >= 11 is 0. The lowest BCUT2D eigenvalue weighted by atomic mass is 10.1. The van der Waals surface area contributed by atoms with Gasteiger partial charge in [-0.15, -0.1) is 24.0 Å². The van der Waals surface area contributed by atoms with Crippen molar-refractivity contribution in [2.75, 3.05) is 33.7 Å². The first-order valence-electron chi connectivity index (χ1n) is 8.72. The van der Waals surface area contributed by atoms with E-state index in [1.54, 1.807) is 14.1 Å². The number of hydrogen-bond donors (Lipinski definition) is 2. The fourth-order valence-corrected chi connectivity index (χ4v) is 3.32. The highest BCUT2D eigenvalue weighted by molar-refractivity contribution is 14.0. The number of aliphatic imine (C=N–C) groups is 1. The summed E-state index contributed by atoms with van der Waals surface area (Å²) in [7, 11) is -2.07. The lowest BCUT2D eigenvalue weighted by Gasteiger charge is -2.33. The zero-order chi connectivity index (χ0) is 20.8. The van der Waals surface area contributed by atoms with Crippen LogP contribution in [0.2, 0.25) is 0 Å². The summed E-state index contributed by atoms with van der Waals surface area (Å²) in [4.78, 5) is 17.4. The van der Waals surface area contributed by atoms with E-state index in [9.17, 15) is 26.4 Å². The number of nitrogens with one attached hydrogen (secondary N) is 2. The number of amides is 1. The van der Waals surface area contributed by atoms with Gasteiger partial charge in [0.15, 0.2) is 5.96 Å². The number of carbonyl (C=O) groups is 1. The van der Waals surface area contributed by atoms with Crippen LogP contribution in [0.5, 0.6) is 0 Å². The number of likely N-dealkylation sites (N-methyl/N-ethyl adjacent to an activating group) is 1. The molecule has 1 atom stereocenters. The number of piperidine rings is 1. The number of guanidine groups is 1. The zero-order valence-electron chi connectivity index (χ0n) is 16.4. The summed E-state index contributed by atoms with van der Waals surface area (Å²) in [5, 5.41) is 6.22. The van der Waals surface area contributed by atoms with Gasteiger partial charge in [-0.3, -0.25) is 4.79 Å². The van der Waals surface area contributed by atoms with Crippen LogP contribution in [0.25, 0.3) is 0 Å². The Morgan fingerprint density at radius 3 is 2.25 bits per heavy atom. The number of halogens is 4. The van der Waals surface area contributed by atoms with E-state index in [2.05, 4.69) is 15.6 Å². The topological polar surface area (TPSA) is 94.1 Å². The van der Waals surface area contributed by atoms with Gasteiger partial charge in [0.2, 0.25) is 5.91 Å². The molecule has 2 N–H and O–H groups in total. The maximum absolute atomic E-state index is 12.6. The van der Waals surface area contributed by atoms with Gasteiger partial charge in [0.1, 0.15) is 6.54 Å². The molecule has 0 aromatic carbocycles. The Hall–Kier alpha value is -0.830. The third-order valence-corrected chi connectivity index (χ3v) is 5.92. The smallest absolute Gasteiger partial charge is 0.354 e. The second-order valence-electron chi connectivity index (χ2n) is 6.68. The van der Waals surface area contributed by atoms with Crippen LogP contribution in [0, 0.1) is 0 Å². The van der Waals surface area contributed by atoms with Crippen molar-refractivity contribution in [3.05, 3.63) is 0 Å². The largest absolute Gasteiger partial charge is 0.511 e. The molecule has 0 aromatic rings. The number of carbonyl (C=O) groups excluding carboxylic acids is 1. The number of rotatable bonds is 6. The van der Waals surface area contributed by atoms with Crippen molar-refractivity contribution in [2.24, 2.45) is 4.99 Å². The van der Waals surface area contributed by atoms with Crippen molar-refractivity contribution in [1.82, 2.24) is 19.8 Å². The highest BCUT2D eigenvalue weighted by Gasteiger charge is 2.50. The molecule has 0 aromatic heterocycles. The maximum atomic E-state index is 12.6. The van der Waals surface area contributed by atoms with Gasteiger partial charge in [0.25, 0.3) is 0 Å². The molecule has 0 aliphatic carbocycles. The van der Waals surface area contributed by atoms with Crippen molar-refractivity contribution in [2.45, 2.75) is 50.7 Å². The van der Waals surface area contributed by atoms with Gasteiger partial charge in [0, 0.05) is 39.3 Å². The molecule has 1 aliphatic rings. The van der Waals surface area contributed by atoms with Crippen LogP contribution in [-0.2, 0) is 14.8 Å². The summed E-state index contributed by atoms with van der Waals surface area (Å²) in [6, 6.07) is -0.161. The van der Waals surface area contributed by atoms with Crippen LogP contribution >= 0.6 is 24.0 Å². The minimum Gasteiger partial charge on any atom is -0.354 e. The quantitative estimate of drug-likeness (QED) is 0.300. The molecule has 1 aliphatic heterocycles. The molecular weight excluding hydrogens is 514 g/mol. The lowest BCUT2D eigenvalue weighted by Crippen LogP contribution is -2.52. The predicted molar refractivity (Wildman–Crippen MR) is 112 cm³/mol. The molecule has 0 spiro atoms. The Balaban J connectivity index is 0.00000729. The zero-order valence-corrected chi connectivity index (χ0v) is 19.6. The van der Waals surface area contributed by atoms with Crippen LogP contribution in [-0.4, -0.2) is 80.8 Å². The summed E-state index contributed by atoms with van der Waals surface area (Å²) in [6.45, 7) is 3.38. The number of alkyl halides is 3. The van der Waals surface area contributed by atoms with Gasteiger partial charge in [0.05, 0.1) is 0 Å². The second-order valence-corrected chi connectivity index (χ2v) is 8.60. The molecule has 1 heterocycles.